The van der Waals surface area contributed by atoms with E-state index in [-0.39, 0.29) is 17.2 Å². The fraction of sp³-hybridized carbons (Fsp3) is 0. The Morgan fingerprint density at radius 2 is 1.83 bits per heavy atom. The van der Waals surface area contributed by atoms with E-state index in [0.29, 0.717) is 16.1 Å². The SMILES string of the molecule is O=C1OC(c2ccccc2Cl)=N/C1=C\c1ccc(C(=O)[O-])cc1. The number of aromatic carboxylic acids is 1. The second kappa shape index (κ2) is 6.06. The number of rotatable bonds is 3. The second-order valence-corrected chi connectivity index (χ2v) is 5.13. The Labute approximate surface area is 136 Å². The lowest BCUT2D eigenvalue weighted by Crippen LogP contribution is -2.21. The molecule has 0 aromatic heterocycles. The highest BCUT2D eigenvalue weighted by atomic mass is 35.5. The van der Waals surface area contributed by atoms with Gasteiger partial charge in [0.25, 0.3) is 0 Å². The van der Waals surface area contributed by atoms with Crippen molar-refractivity contribution < 1.29 is 19.4 Å². The number of cyclic esters (lactones) is 1. The maximum Gasteiger partial charge on any atom is 0.363 e. The predicted molar refractivity (Wildman–Crippen MR) is 82.8 cm³/mol. The molecule has 23 heavy (non-hydrogen) atoms. The van der Waals surface area contributed by atoms with Crippen LogP contribution in [0.4, 0.5) is 0 Å². The van der Waals surface area contributed by atoms with Crippen LogP contribution in [0.15, 0.2) is 59.2 Å². The average Bonchev–Trinajstić information content (AvgIpc) is 2.89. The first-order chi connectivity index (χ1) is 11.0. The number of carboxylic acids is 1. The molecule has 1 aliphatic heterocycles. The van der Waals surface area contributed by atoms with Crippen LogP contribution in [0.5, 0.6) is 0 Å². The molecule has 0 radical (unpaired) electrons. The van der Waals surface area contributed by atoms with Gasteiger partial charge in [0, 0.05) is 0 Å². The van der Waals surface area contributed by atoms with Gasteiger partial charge in [-0.3, -0.25) is 0 Å². The quantitative estimate of drug-likeness (QED) is 0.638. The number of benzene rings is 2. The summed E-state index contributed by atoms with van der Waals surface area (Å²) in [4.78, 5) is 26.7. The summed E-state index contributed by atoms with van der Waals surface area (Å²) in [6, 6.07) is 12.8. The van der Waals surface area contributed by atoms with Crippen LogP contribution in [0, 0.1) is 0 Å². The topological polar surface area (TPSA) is 78.8 Å². The highest BCUT2D eigenvalue weighted by molar-refractivity contribution is 6.34. The highest BCUT2D eigenvalue weighted by Crippen LogP contribution is 2.23. The molecule has 6 heteroatoms. The van der Waals surface area contributed by atoms with Crippen LogP contribution in [-0.4, -0.2) is 17.8 Å². The van der Waals surface area contributed by atoms with Gasteiger partial charge in [-0.2, -0.15) is 0 Å². The van der Waals surface area contributed by atoms with Gasteiger partial charge < -0.3 is 14.6 Å². The normalized spacial score (nSPS) is 15.4. The lowest BCUT2D eigenvalue weighted by atomic mass is 10.1. The molecule has 0 spiro atoms. The summed E-state index contributed by atoms with van der Waals surface area (Å²) >= 11 is 6.05. The third-order valence-corrected chi connectivity index (χ3v) is 3.50. The monoisotopic (exact) mass is 326 g/mol. The molecule has 0 atom stereocenters. The first kappa shape index (κ1) is 15.0. The molecule has 0 aliphatic carbocycles. The van der Waals surface area contributed by atoms with Crippen molar-refractivity contribution in [2.45, 2.75) is 0 Å². The average molecular weight is 327 g/mol. The van der Waals surface area contributed by atoms with Gasteiger partial charge in [-0.15, -0.1) is 0 Å². The Hall–Kier alpha value is -2.92. The number of ether oxygens (including phenoxy) is 1. The van der Waals surface area contributed by atoms with Gasteiger partial charge in [-0.1, -0.05) is 48.0 Å². The lowest BCUT2D eigenvalue weighted by Gasteiger charge is -2.01. The Balaban J connectivity index is 1.92. The number of carbonyl (C=O) groups is 2. The van der Waals surface area contributed by atoms with E-state index < -0.39 is 11.9 Å². The molecule has 0 fully saturated rings. The second-order valence-electron chi connectivity index (χ2n) is 4.73. The van der Waals surface area contributed by atoms with Crippen molar-refractivity contribution in [2.75, 3.05) is 0 Å². The number of carboxylic acid groups (broad SMARTS) is 1. The van der Waals surface area contributed by atoms with Crippen LogP contribution in [0.2, 0.25) is 5.02 Å². The zero-order valence-corrected chi connectivity index (χ0v) is 12.4. The standard InChI is InChI=1S/C17H10ClNO4/c18-13-4-2-1-3-12(13)15-19-14(17(22)23-15)9-10-5-7-11(8-6-10)16(20)21/h1-9H,(H,20,21)/p-1/b14-9-. The van der Waals surface area contributed by atoms with Gasteiger partial charge in [0.05, 0.1) is 16.6 Å². The number of hydrogen-bond donors (Lipinski definition) is 0. The highest BCUT2D eigenvalue weighted by Gasteiger charge is 2.25. The Kier molecular flexibility index (Phi) is 3.95. The number of esters is 1. The van der Waals surface area contributed by atoms with E-state index in [2.05, 4.69) is 4.99 Å². The molecule has 2 aromatic rings. The molecule has 0 saturated carbocycles. The molecule has 1 heterocycles. The van der Waals surface area contributed by atoms with Crippen LogP contribution in [0.3, 0.4) is 0 Å². The number of aliphatic imine (C=N–C) groups is 1. The van der Waals surface area contributed by atoms with Gasteiger partial charge in [0.2, 0.25) is 5.90 Å². The minimum absolute atomic E-state index is 0.0569. The predicted octanol–water partition coefficient (Wildman–Crippen LogP) is 2.05. The maximum atomic E-state index is 11.9. The minimum atomic E-state index is -1.26. The smallest absolute Gasteiger partial charge is 0.363 e. The zero-order chi connectivity index (χ0) is 16.4. The van der Waals surface area contributed by atoms with Gasteiger partial charge in [-0.05, 0) is 29.3 Å². The molecule has 2 aromatic carbocycles. The summed E-state index contributed by atoms with van der Waals surface area (Å²) in [7, 11) is 0. The summed E-state index contributed by atoms with van der Waals surface area (Å²) in [6.45, 7) is 0. The molecule has 114 valence electrons. The first-order valence-electron chi connectivity index (χ1n) is 6.63. The van der Waals surface area contributed by atoms with Crippen molar-refractivity contribution in [1.29, 1.82) is 0 Å². The lowest BCUT2D eigenvalue weighted by molar-refractivity contribution is -0.255. The summed E-state index contributed by atoms with van der Waals surface area (Å²) in [6.07, 6.45) is 1.51. The largest absolute Gasteiger partial charge is 0.545 e. The van der Waals surface area contributed by atoms with Gasteiger partial charge in [0.1, 0.15) is 0 Å². The number of hydrogen-bond acceptors (Lipinski definition) is 5. The van der Waals surface area contributed by atoms with Crippen molar-refractivity contribution in [3.05, 3.63) is 75.9 Å². The molecule has 0 unspecified atom stereocenters. The van der Waals surface area contributed by atoms with E-state index in [1.54, 1.807) is 36.4 Å². The summed E-state index contributed by atoms with van der Waals surface area (Å²) in [5, 5.41) is 11.1. The van der Waals surface area contributed by atoms with E-state index in [9.17, 15) is 14.7 Å². The summed E-state index contributed by atoms with van der Waals surface area (Å²) < 4.78 is 5.13. The van der Waals surface area contributed by atoms with Crippen LogP contribution in [0.25, 0.3) is 6.08 Å². The van der Waals surface area contributed by atoms with Crippen molar-refractivity contribution in [3.8, 4) is 0 Å². The van der Waals surface area contributed by atoms with E-state index in [1.165, 1.54) is 18.2 Å². The van der Waals surface area contributed by atoms with Crippen molar-refractivity contribution in [1.82, 2.24) is 0 Å². The van der Waals surface area contributed by atoms with Crippen LogP contribution in [-0.2, 0) is 9.53 Å². The molecule has 0 amide bonds. The fourth-order valence-electron chi connectivity index (χ4n) is 2.03. The minimum Gasteiger partial charge on any atom is -0.545 e. The molecule has 0 saturated heterocycles. The van der Waals surface area contributed by atoms with Gasteiger partial charge in [-0.25, -0.2) is 9.79 Å². The Bertz CT molecular complexity index is 853. The first-order valence-corrected chi connectivity index (χ1v) is 7.01. The van der Waals surface area contributed by atoms with Crippen molar-refractivity contribution in [2.24, 2.45) is 4.99 Å². The molecular weight excluding hydrogens is 318 g/mol. The number of nitrogens with zero attached hydrogens (tertiary/aromatic N) is 1. The third kappa shape index (κ3) is 3.14. The van der Waals surface area contributed by atoms with Gasteiger partial charge >= 0.3 is 5.97 Å². The van der Waals surface area contributed by atoms with E-state index >= 15 is 0 Å². The maximum absolute atomic E-state index is 11.9. The Morgan fingerprint density at radius 1 is 1.13 bits per heavy atom. The number of halogens is 1. The molecule has 5 nitrogen and oxygen atoms in total. The fourth-order valence-corrected chi connectivity index (χ4v) is 2.25. The van der Waals surface area contributed by atoms with Crippen molar-refractivity contribution >= 4 is 35.5 Å². The molecular formula is C17H9ClNO4-. The summed E-state index contributed by atoms with van der Waals surface area (Å²) in [5.74, 6) is -1.72. The van der Waals surface area contributed by atoms with E-state index in [4.69, 9.17) is 16.3 Å². The van der Waals surface area contributed by atoms with Gasteiger partial charge in [0.15, 0.2) is 5.70 Å². The van der Waals surface area contributed by atoms with E-state index in [0.717, 1.165) is 0 Å². The van der Waals surface area contributed by atoms with Crippen molar-refractivity contribution in [3.63, 3.8) is 0 Å². The Morgan fingerprint density at radius 3 is 2.48 bits per heavy atom. The molecule has 0 bridgehead atoms. The third-order valence-electron chi connectivity index (χ3n) is 3.17. The zero-order valence-electron chi connectivity index (χ0n) is 11.7. The van der Waals surface area contributed by atoms with Crippen LogP contribution < -0.4 is 5.11 Å². The molecule has 0 N–H and O–H groups in total. The van der Waals surface area contributed by atoms with E-state index in [1.807, 2.05) is 0 Å². The summed E-state index contributed by atoms with van der Waals surface area (Å²) in [5.41, 5.74) is 1.31. The van der Waals surface area contributed by atoms with Crippen LogP contribution >= 0.6 is 11.6 Å². The number of carbonyl (C=O) groups excluding carboxylic acids is 2. The van der Waals surface area contributed by atoms with Crippen LogP contribution in [0.1, 0.15) is 21.5 Å². The molecule has 3 rings (SSSR count). The molecule has 1 aliphatic rings.